The van der Waals surface area contributed by atoms with Gasteiger partial charge in [-0.15, -0.1) is 0 Å². The van der Waals surface area contributed by atoms with E-state index >= 15 is 0 Å². The highest BCUT2D eigenvalue weighted by Crippen LogP contribution is 2.23. The number of amides is 1. The molecule has 0 spiro atoms. The standard InChI is InChI=1S/C18H20N6O2/c1-24-14-3-2-8-19-15(14)16(23-24)17-20-9-11(10-21-17)18(26)22-12-4-6-13(25)7-5-12/h2-3,8-10,12-13,25H,4-7H2,1H3,(H,22,26). The molecule has 26 heavy (non-hydrogen) atoms. The van der Waals surface area contributed by atoms with Crippen molar-refractivity contribution >= 4 is 16.9 Å². The van der Waals surface area contributed by atoms with Gasteiger partial charge in [-0.2, -0.15) is 5.10 Å². The molecule has 1 aliphatic rings. The van der Waals surface area contributed by atoms with Crippen LogP contribution in [0.3, 0.4) is 0 Å². The van der Waals surface area contributed by atoms with Crippen molar-refractivity contribution in [2.24, 2.45) is 7.05 Å². The van der Waals surface area contributed by atoms with E-state index in [2.05, 4.69) is 25.4 Å². The average Bonchev–Trinajstić information content (AvgIpc) is 3.01. The molecule has 0 bridgehead atoms. The number of pyridine rings is 1. The molecule has 0 radical (unpaired) electrons. The van der Waals surface area contributed by atoms with Gasteiger partial charge in [0.05, 0.1) is 17.2 Å². The Kier molecular flexibility index (Phi) is 4.34. The maximum atomic E-state index is 12.4. The fourth-order valence-electron chi connectivity index (χ4n) is 3.30. The molecule has 1 amide bonds. The van der Waals surface area contributed by atoms with Crippen molar-refractivity contribution in [1.82, 2.24) is 30.0 Å². The lowest BCUT2D eigenvalue weighted by Gasteiger charge is -2.26. The van der Waals surface area contributed by atoms with Crippen molar-refractivity contribution in [3.63, 3.8) is 0 Å². The molecular formula is C18H20N6O2. The van der Waals surface area contributed by atoms with Gasteiger partial charge >= 0.3 is 0 Å². The van der Waals surface area contributed by atoms with E-state index in [9.17, 15) is 9.90 Å². The smallest absolute Gasteiger partial charge is 0.254 e. The maximum Gasteiger partial charge on any atom is 0.254 e. The van der Waals surface area contributed by atoms with Crippen LogP contribution in [0.15, 0.2) is 30.7 Å². The highest BCUT2D eigenvalue weighted by atomic mass is 16.3. The number of carbonyl (C=O) groups is 1. The number of aromatic nitrogens is 5. The second-order valence-corrected chi connectivity index (χ2v) is 6.62. The monoisotopic (exact) mass is 352 g/mol. The summed E-state index contributed by atoms with van der Waals surface area (Å²) in [5, 5.41) is 17.0. The SMILES string of the molecule is Cn1nc(-c2ncc(C(=O)NC3CCC(O)CC3)cn2)c2ncccc21. The quantitative estimate of drug-likeness (QED) is 0.739. The van der Waals surface area contributed by atoms with Crippen LogP contribution < -0.4 is 5.32 Å². The van der Waals surface area contributed by atoms with Crippen molar-refractivity contribution in [2.75, 3.05) is 0 Å². The largest absolute Gasteiger partial charge is 0.393 e. The highest BCUT2D eigenvalue weighted by Gasteiger charge is 2.22. The summed E-state index contributed by atoms with van der Waals surface area (Å²) >= 11 is 0. The summed E-state index contributed by atoms with van der Waals surface area (Å²) in [6, 6.07) is 3.88. The van der Waals surface area contributed by atoms with E-state index in [1.807, 2.05) is 19.2 Å². The first-order valence-corrected chi connectivity index (χ1v) is 8.71. The predicted molar refractivity (Wildman–Crippen MR) is 95.3 cm³/mol. The molecule has 134 valence electrons. The molecule has 0 unspecified atom stereocenters. The Morgan fingerprint density at radius 3 is 2.65 bits per heavy atom. The molecule has 1 fully saturated rings. The van der Waals surface area contributed by atoms with Crippen LogP contribution >= 0.6 is 0 Å². The minimum Gasteiger partial charge on any atom is -0.393 e. The van der Waals surface area contributed by atoms with Crippen molar-refractivity contribution in [1.29, 1.82) is 0 Å². The summed E-state index contributed by atoms with van der Waals surface area (Å²) in [6.45, 7) is 0. The number of carbonyl (C=O) groups excluding carboxylic acids is 1. The molecule has 4 rings (SSSR count). The fraction of sp³-hybridized carbons (Fsp3) is 0.389. The summed E-state index contributed by atoms with van der Waals surface area (Å²) in [4.78, 5) is 25.4. The molecule has 2 N–H and O–H groups in total. The lowest BCUT2D eigenvalue weighted by Crippen LogP contribution is -2.38. The van der Waals surface area contributed by atoms with Gasteiger partial charge in [-0.3, -0.25) is 14.5 Å². The Morgan fingerprint density at radius 2 is 1.92 bits per heavy atom. The van der Waals surface area contributed by atoms with E-state index in [1.165, 1.54) is 12.4 Å². The van der Waals surface area contributed by atoms with Gasteiger partial charge < -0.3 is 10.4 Å². The Labute approximate surface area is 150 Å². The maximum absolute atomic E-state index is 12.4. The molecule has 8 nitrogen and oxygen atoms in total. The second-order valence-electron chi connectivity index (χ2n) is 6.62. The van der Waals surface area contributed by atoms with E-state index in [0.717, 1.165) is 36.7 Å². The molecular weight excluding hydrogens is 332 g/mol. The zero-order valence-corrected chi connectivity index (χ0v) is 14.5. The highest BCUT2D eigenvalue weighted by molar-refractivity contribution is 5.94. The molecule has 1 aliphatic carbocycles. The van der Waals surface area contributed by atoms with Crippen LogP contribution in [0, 0.1) is 0 Å². The Morgan fingerprint density at radius 1 is 1.19 bits per heavy atom. The number of fused-ring (bicyclic) bond motifs is 1. The summed E-state index contributed by atoms with van der Waals surface area (Å²) < 4.78 is 1.74. The topological polar surface area (TPSA) is 106 Å². The van der Waals surface area contributed by atoms with Gasteiger partial charge in [0.2, 0.25) is 0 Å². The van der Waals surface area contributed by atoms with Gasteiger partial charge in [0.1, 0.15) is 5.52 Å². The number of hydrogen-bond donors (Lipinski definition) is 2. The van der Waals surface area contributed by atoms with Gasteiger partial charge in [0.25, 0.3) is 5.91 Å². The third kappa shape index (κ3) is 3.15. The second kappa shape index (κ2) is 6.80. The molecule has 0 aromatic carbocycles. The lowest BCUT2D eigenvalue weighted by atomic mass is 9.93. The van der Waals surface area contributed by atoms with Gasteiger partial charge in [0, 0.05) is 31.7 Å². The minimum atomic E-state index is -0.243. The lowest BCUT2D eigenvalue weighted by molar-refractivity contribution is 0.0867. The van der Waals surface area contributed by atoms with Crippen LogP contribution in [-0.2, 0) is 7.05 Å². The van der Waals surface area contributed by atoms with Crippen LogP contribution in [0.2, 0.25) is 0 Å². The van der Waals surface area contributed by atoms with Crippen LogP contribution in [0.1, 0.15) is 36.0 Å². The Balaban J connectivity index is 1.52. The fourth-order valence-corrected chi connectivity index (χ4v) is 3.30. The van der Waals surface area contributed by atoms with E-state index in [1.54, 1.807) is 10.9 Å². The molecule has 0 aliphatic heterocycles. The van der Waals surface area contributed by atoms with Crippen molar-refractivity contribution in [3.05, 3.63) is 36.3 Å². The number of nitrogens with one attached hydrogen (secondary N) is 1. The molecule has 1 saturated carbocycles. The summed E-state index contributed by atoms with van der Waals surface area (Å²) in [6.07, 6.45) is 7.51. The molecule has 3 aromatic rings. The zero-order chi connectivity index (χ0) is 18.1. The summed E-state index contributed by atoms with van der Waals surface area (Å²) in [7, 11) is 1.84. The average molecular weight is 352 g/mol. The number of aliphatic hydroxyl groups excluding tert-OH is 1. The van der Waals surface area contributed by atoms with E-state index in [0.29, 0.717) is 17.1 Å². The Bertz CT molecular complexity index is 929. The third-order valence-electron chi connectivity index (χ3n) is 4.77. The van der Waals surface area contributed by atoms with Gasteiger partial charge in [-0.25, -0.2) is 9.97 Å². The number of hydrogen-bond acceptors (Lipinski definition) is 6. The first-order chi connectivity index (χ1) is 12.6. The van der Waals surface area contributed by atoms with Crippen LogP contribution in [0.25, 0.3) is 22.6 Å². The van der Waals surface area contributed by atoms with Crippen molar-refractivity contribution < 1.29 is 9.90 Å². The molecule has 3 aromatic heterocycles. The van der Waals surface area contributed by atoms with E-state index < -0.39 is 0 Å². The van der Waals surface area contributed by atoms with Crippen LogP contribution in [0.5, 0.6) is 0 Å². The predicted octanol–water partition coefficient (Wildman–Crippen LogP) is 1.46. The summed E-state index contributed by atoms with van der Waals surface area (Å²) in [5.74, 6) is 0.244. The zero-order valence-electron chi connectivity index (χ0n) is 14.5. The molecule has 0 atom stereocenters. The van der Waals surface area contributed by atoms with Gasteiger partial charge in [-0.1, -0.05) is 0 Å². The molecule has 8 heteroatoms. The van der Waals surface area contributed by atoms with Crippen molar-refractivity contribution in [2.45, 2.75) is 37.8 Å². The first-order valence-electron chi connectivity index (χ1n) is 8.71. The third-order valence-corrected chi connectivity index (χ3v) is 4.77. The number of nitrogens with zero attached hydrogens (tertiary/aromatic N) is 5. The van der Waals surface area contributed by atoms with E-state index in [-0.39, 0.29) is 18.1 Å². The van der Waals surface area contributed by atoms with Crippen LogP contribution in [0.4, 0.5) is 0 Å². The van der Waals surface area contributed by atoms with Crippen molar-refractivity contribution in [3.8, 4) is 11.5 Å². The number of aryl methyl sites for hydroxylation is 1. The van der Waals surface area contributed by atoms with Crippen LogP contribution in [-0.4, -0.2) is 47.9 Å². The Hall–Kier alpha value is -2.87. The molecule has 3 heterocycles. The van der Waals surface area contributed by atoms with E-state index in [4.69, 9.17) is 0 Å². The number of aliphatic hydroxyl groups is 1. The first kappa shape index (κ1) is 16.6. The molecule has 0 saturated heterocycles. The van der Waals surface area contributed by atoms with Gasteiger partial charge in [-0.05, 0) is 37.8 Å². The van der Waals surface area contributed by atoms with Gasteiger partial charge in [0.15, 0.2) is 11.5 Å². The number of rotatable bonds is 3. The summed E-state index contributed by atoms with van der Waals surface area (Å²) in [5.41, 5.74) is 2.63. The minimum absolute atomic E-state index is 0.0921. The normalized spacial score (nSPS) is 20.2.